The number of carbonyl (C=O) groups excluding carboxylic acids is 2. The van der Waals surface area contributed by atoms with Crippen LogP contribution in [0.4, 0.5) is 17.1 Å². The van der Waals surface area contributed by atoms with Crippen molar-refractivity contribution in [3.05, 3.63) is 97.2 Å². The summed E-state index contributed by atoms with van der Waals surface area (Å²) in [5, 5.41) is 0. The third-order valence-electron chi connectivity index (χ3n) is 5.89. The van der Waals surface area contributed by atoms with Gasteiger partial charge in [0, 0.05) is 17.1 Å². The van der Waals surface area contributed by atoms with Crippen LogP contribution in [0.25, 0.3) is 0 Å². The molecule has 0 spiro atoms. The normalized spacial score (nSPS) is 17.4. The molecule has 0 bridgehead atoms. The fourth-order valence-corrected chi connectivity index (χ4v) is 4.11. The summed E-state index contributed by atoms with van der Waals surface area (Å²) in [6.45, 7) is 3.39. The lowest BCUT2D eigenvalue weighted by Gasteiger charge is -2.27. The van der Waals surface area contributed by atoms with Gasteiger partial charge in [-0.15, -0.1) is 0 Å². The van der Waals surface area contributed by atoms with Gasteiger partial charge in [-0.25, -0.2) is 4.79 Å². The molecule has 0 unspecified atom stereocenters. The van der Waals surface area contributed by atoms with E-state index in [1.54, 1.807) is 0 Å². The highest BCUT2D eigenvalue weighted by Crippen LogP contribution is 2.35. The number of rotatable bonds is 7. The Labute approximate surface area is 199 Å². The maximum absolute atomic E-state index is 12.7. The smallest absolute Gasteiger partial charge is 0.353 e. The SMILES string of the molecule is C=C(N)C(=O)OC1CCC(C(=O)Oc2ccc(N(c3ccccc3)c3ccccc3)cc2)CC1. The summed E-state index contributed by atoms with van der Waals surface area (Å²) in [6.07, 6.45) is 2.16. The predicted molar refractivity (Wildman–Crippen MR) is 132 cm³/mol. The molecule has 0 atom stereocenters. The molecule has 0 radical (unpaired) electrons. The summed E-state index contributed by atoms with van der Waals surface area (Å²) in [5.74, 6) is -0.571. The number of hydrogen-bond donors (Lipinski definition) is 1. The van der Waals surface area contributed by atoms with Gasteiger partial charge in [0.1, 0.15) is 17.6 Å². The zero-order chi connectivity index (χ0) is 23.9. The monoisotopic (exact) mass is 456 g/mol. The Morgan fingerprint density at radius 1 is 0.765 bits per heavy atom. The molecule has 3 aromatic rings. The van der Waals surface area contributed by atoms with Gasteiger partial charge in [0.15, 0.2) is 0 Å². The first-order chi connectivity index (χ1) is 16.5. The van der Waals surface area contributed by atoms with Crippen LogP contribution in [0.2, 0.25) is 0 Å². The van der Waals surface area contributed by atoms with Crippen molar-refractivity contribution in [2.24, 2.45) is 11.7 Å². The molecule has 0 aromatic heterocycles. The fraction of sp³-hybridized carbons (Fsp3) is 0.214. The van der Waals surface area contributed by atoms with Crippen molar-refractivity contribution >= 4 is 29.0 Å². The Morgan fingerprint density at radius 2 is 1.26 bits per heavy atom. The first-order valence-corrected chi connectivity index (χ1v) is 11.4. The van der Waals surface area contributed by atoms with Gasteiger partial charge in [0.25, 0.3) is 0 Å². The summed E-state index contributed by atoms with van der Waals surface area (Å²) in [5.41, 5.74) is 8.29. The number of nitrogens with zero attached hydrogens (tertiary/aromatic N) is 1. The average molecular weight is 457 g/mol. The molecular weight excluding hydrogens is 428 g/mol. The van der Waals surface area contributed by atoms with E-state index in [-0.39, 0.29) is 23.7 Å². The maximum atomic E-state index is 12.7. The Hall–Kier alpha value is -4.06. The molecule has 174 valence electrons. The number of nitrogens with two attached hydrogens (primary N) is 1. The third kappa shape index (κ3) is 5.64. The lowest BCUT2D eigenvalue weighted by atomic mass is 9.87. The van der Waals surface area contributed by atoms with Crippen LogP contribution in [0.1, 0.15) is 25.7 Å². The van der Waals surface area contributed by atoms with Gasteiger partial charge >= 0.3 is 11.9 Å². The molecule has 0 saturated heterocycles. The summed E-state index contributed by atoms with van der Waals surface area (Å²) >= 11 is 0. The van der Waals surface area contributed by atoms with Crippen molar-refractivity contribution in [1.29, 1.82) is 0 Å². The molecule has 0 amide bonds. The van der Waals surface area contributed by atoms with E-state index in [1.165, 1.54) is 0 Å². The summed E-state index contributed by atoms with van der Waals surface area (Å²) in [6, 6.07) is 27.7. The zero-order valence-corrected chi connectivity index (χ0v) is 18.9. The highest BCUT2D eigenvalue weighted by Gasteiger charge is 2.29. The molecular formula is C28H28N2O4. The summed E-state index contributed by atoms with van der Waals surface area (Å²) in [7, 11) is 0. The quantitative estimate of drug-likeness (QED) is 0.282. The van der Waals surface area contributed by atoms with Crippen LogP contribution in [0, 0.1) is 5.92 Å². The van der Waals surface area contributed by atoms with Gasteiger partial charge < -0.3 is 20.1 Å². The van der Waals surface area contributed by atoms with Gasteiger partial charge in [0.2, 0.25) is 0 Å². The third-order valence-corrected chi connectivity index (χ3v) is 5.89. The van der Waals surface area contributed by atoms with E-state index < -0.39 is 5.97 Å². The first kappa shape index (κ1) is 23.1. The van der Waals surface area contributed by atoms with Gasteiger partial charge in [-0.1, -0.05) is 43.0 Å². The molecule has 6 nitrogen and oxygen atoms in total. The minimum atomic E-state index is -0.592. The van der Waals surface area contributed by atoms with Crippen LogP contribution >= 0.6 is 0 Å². The Kier molecular flexibility index (Phi) is 7.28. The Balaban J connectivity index is 1.40. The minimum Gasteiger partial charge on any atom is -0.458 e. The fourth-order valence-electron chi connectivity index (χ4n) is 4.11. The number of hydrogen-bond acceptors (Lipinski definition) is 6. The van der Waals surface area contributed by atoms with Gasteiger partial charge in [-0.2, -0.15) is 0 Å². The number of esters is 2. The van der Waals surface area contributed by atoms with Crippen molar-refractivity contribution in [2.75, 3.05) is 4.90 Å². The number of benzene rings is 3. The second-order valence-electron chi connectivity index (χ2n) is 8.33. The van der Waals surface area contributed by atoms with E-state index in [0.717, 1.165) is 17.1 Å². The maximum Gasteiger partial charge on any atom is 0.353 e. The Morgan fingerprint density at radius 3 is 1.76 bits per heavy atom. The molecule has 2 N–H and O–H groups in total. The highest BCUT2D eigenvalue weighted by atomic mass is 16.5. The topological polar surface area (TPSA) is 81.9 Å². The van der Waals surface area contributed by atoms with Gasteiger partial charge in [-0.3, -0.25) is 4.79 Å². The average Bonchev–Trinajstić information content (AvgIpc) is 2.87. The lowest BCUT2D eigenvalue weighted by Crippen LogP contribution is -2.31. The van der Waals surface area contributed by atoms with Crippen LogP contribution in [0.15, 0.2) is 97.2 Å². The molecule has 6 heteroatoms. The highest BCUT2D eigenvalue weighted by molar-refractivity contribution is 5.86. The molecule has 0 aliphatic heterocycles. The van der Waals surface area contributed by atoms with Crippen LogP contribution in [0.5, 0.6) is 5.75 Å². The Bertz CT molecular complexity index is 1080. The zero-order valence-electron chi connectivity index (χ0n) is 18.9. The van der Waals surface area contributed by atoms with Crippen LogP contribution in [0.3, 0.4) is 0 Å². The molecule has 1 aliphatic rings. The number of para-hydroxylation sites is 2. The largest absolute Gasteiger partial charge is 0.458 e. The van der Waals surface area contributed by atoms with Crippen molar-refractivity contribution < 1.29 is 19.1 Å². The predicted octanol–water partition coefficient (Wildman–Crippen LogP) is 5.64. The molecule has 4 rings (SSSR count). The second kappa shape index (κ2) is 10.7. The number of ether oxygens (including phenoxy) is 2. The lowest BCUT2D eigenvalue weighted by molar-refractivity contribution is -0.148. The van der Waals surface area contributed by atoms with Crippen molar-refractivity contribution in [2.45, 2.75) is 31.8 Å². The molecule has 3 aromatic carbocycles. The standard InChI is InChI=1S/C28H28N2O4/c1-20(29)27(31)33-25-16-12-21(13-17-25)28(32)34-26-18-14-24(15-19-26)30(22-8-4-2-5-9-22)23-10-6-3-7-11-23/h2-11,14-15,18-19,21,25H,1,12-13,16-17,29H2. The van der Waals surface area contributed by atoms with Crippen LogP contribution < -0.4 is 15.4 Å². The minimum absolute atomic E-state index is 0.108. The molecule has 1 saturated carbocycles. The van der Waals surface area contributed by atoms with E-state index in [0.29, 0.717) is 31.4 Å². The van der Waals surface area contributed by atoms with Gasteiger partial charge in [-0.05, 0) is 74.2 Å². The van der Waals surface area contributed by atoms with E-state index >= 15 is 0 Å². The van der Waals surface area contributed by atoms with E-state index in [4.69, 9.17) is 15.2 Å². The van der Waals surface area contributed by atoms with E-state index in [9.17, 15) is 9.59 Å². The first-order valence-electron chi connectivity index (χ1n) is 11.4. The molecule has 1 aliphatic carbocycles. The van der Waals surface area contributed by atoms with Crippen LogP contribution in [-0.4, -0.2) is 18.0 Å². The molecule has 34 heavy (non-hydrogen) atoms. The molecule has 1 fully saturated rings. The van der Waals surface area contributed by atoms with Crippen molar-refractivity contribution in [3.8, 4) is 5.75 Å². The molecule has 0 heterocycles. The van der Waals surface area contributed by atoms with E-state index in [2.05, 4.69) is 35.7 Å². The summed E-state index contributed by atoms with van der Waals surface area (Å²) in [4.78, 5) is 26.4. The second-order valence-corrected chi connectivity index (χ2v) is 8.33. The van der Waals surface area contributed by atoms with Crippen molar-refractivity contribution in [1.82, 2.24) is 0 Å². The van der Waals surface area contributed by atoms with E-state index in [1.807, 2.05) is 60.7 Å². The summed E-state index contributed by atoms with van der Waals surface area (Å²) < 4.78 is 10.9. The van der Waals surface area contributed by atoms with Crippen molar-refractivity contribution in [3.63, 3.8) is 0 Å². The number of anilines is 3. The number of carbonyl (C=O) groups is 2. The van der Waals surface area contributed by atoms with Gasteiger partial charge in [0.05, 0.1) is 5.92 Å². The van der Waals surface area contributed by atoms with Crippen LogP contribution in [-0.2, 0) is 14.3 Å².